The van der Waals surface area contributed by atoms with Crippen molar-refractivity contribution in [2.45, 2.75) is 12.8 Å². The molecule has 15 heavy (non-hydrogen) atoms. The first-order valence-electron chi connectivity index (χ1n) is 3.71. The van der Waals surface area contributed by atoms with E-state index in [1.165, 1.54) is 6.92 Å². The van der Waals surface area contributed by atoms with Gasteiger partial charge in [-0.1, -0.05) is 23.2 Å². The Morgan fingerprint density at radius 2 is 2.07 bits per heavy atom. The van der Waals surface area contributed by atoms with Crippen molar-refractivity contribution >= 4 is 29.2 Å². The fourth-order valence-electron chi connectivity index (χ4n) is 1.08. The Hall–Kier alpha value is -0.940. The second-order valence-electron chi connectivity index (χ2n) is 2.81. The van der Waals surface area contributed by atoms with Gasteiger partial charge < -0.3 is 5.11 Å². The van der Waals surface area contributed by atoms with Crippen LogP contribution in [0.5, 0.6) is 0 Å². The number of hydrogen-bond donors (Lipinski definition) is 1. The summed E-state index contributed by atoms with van der Waals surface area (Å²) in [7, 11) is 0. The van der Waals surface area contributed by atoms with Crippen molar-refractivity contribution in [3.05, 3.63) is 27.5 Å². The number of pyridine rings is 1. The van der Waals surface area contributed by atoms with Crippen LogP contribution in [0.15, 0.2) is 6.07 Å². The lowest BCUT2D eigenvalue weighted by atomic mass is 10.1. The Morgan fingerprint density at radius 3 is 2.47 bits per heavy atom. The SMILES string of the molecule is Cc1cc(Cl)nc(Cl)c1C(F)(F)C(=O)O. The lowest BCUT2D eigenvalue weighted by Gasteiger charge is -2.15. The van der Waals surface area contributed by atoms with Crippen LogP contribution in [-0.4, -0.2) is 16.1 Å². The van der Waals surface area contributed by atoms with Gasteiger partial charge in [0, 0.05) is 0 Å². The second-order valence-corrected chi connectivity index (χ2v) is 3.55. The van der Waals surface area contributed by atoms with Crippen LogP contribution in [0.1, 0.15) is 11.1 Å². The first kappa shape index (κ1) is 12.1. The van der Waals surface area contributed by atoms with Gasteiger partial charge in [-0.3, -0.25) is 0 Å². The van der Waals surface area contributed by atoms with Crippen molar-refractivity contribution in [2.75, 3.05) is 0 Å². The summed E-state index contributed by atoms with van der Waals surface area (Å²) in [4.78, 5) is 13.7. The molecule has 1 heterocycles. The number of carboxylic acid groups (broad SMARTS) is 1. The summed E-state index contributed by atoms with van der Waals surface area (Å²) in [6.07, 6.45) is 0. The highest BCUT2D eigenvalue weighted by molar-refractivity contribution is 6.33. The largest absolute Gasteiger partial charge is 0.477 e. The summed E-state index contributed by atoms with van der Waals surface area (Å²) < 4.78 is 26.3. The minimum atomic E-state index is -4.07. The van der Waals surface area contributed by atoms with E-state index in [9.17, 15) is 13.6 Å². The van der Waals surface area contributed by atoms with Gasteiger partial charge in [-0.15, -0.1) is 0 Å². The summed E-state index contributed by atoms with van der Waals surface area (Å²) >= 11 is 10.9. The monoisotopic (exact) mass is 255 g/mol. The number of rotatable bonds is 2. The molecule has 1 N–H and O–H groups in total. The molecule has 1 rings (SSSR count). The predicted octanol–water partition coefficient (Wildman–Crippen LogP) is 2.87. The van der Waals surface area contributed by atoms with E-state index in [0.717, 1.165) is 6.07 Å². The lowest BCUT2D eigenvalue weighted by Crippen LogP contribution is -2.27. The summed E-state index contributed by atoms with van der Waals surface area (Å²) in [5.41, 5.74) is -0.853. The van der Waals surface area contributed by atoms with Crippen molar-refractivity contribution < 1.29 is 18.7 Å². The normalized spacial score (nSPS) is 11.5. The van der Waals surface area contributed by atoms with Gasteiger partial charge in [0.1, 0.15) is 10.3 Å². The smallest absolute Gasteiger partial charge is 0.379 e. The van der Waals surface area contributed by atoms with Gasteiger partial charge in [-0.2, -0.15) is 8.78 Å². The summed E-state index contributed by atoms with van der Waals surface area (Å²) in [6.45, 7) is 1.28. The topological polar surface area (TPSA) is 50.2 Å². The average molecular weight is 256 g/mol. The zero-order valence-corrected chi connectivity index (χ0v) is 8.90. The van der Waals surface area contributed by atoms with Gasteiger partial charge in [0.15, 0.2) is 0 Å². The molecule has 0 amide bonds. The third-order valence-electron chi connectivity index (χ3n) is 1.72. The van der Waals surface area contributed by atoms with Crippen LogP contribution in [0.4, 0.5) is 8.78 Å². The van der Waals surface area contributed by atoms with Gasteiger partial charge in [0.2, 0.25) is 0 Å². The highest BCUT2D eigenvalue weighted by Gasteiger charge is 2.44. The maximum atomic E-state index is 13.2. The molecule has 0 aliphatic rings. The van der Waals surface area contributed by atoms with Crippen LogP contribution < -0.4 is 0 Å². The zero-order chi connectivity index (χ0) is 11.8. The quantitative estimate of drug-likeness (QED) is 0.827. The van der Waals surface area contributed by atoms with Crippen LogP contribution in [-0.2, 0) is 10.7 Å². The molecule has 0 saturated heterocycles. The molecule has 0 aliphatic heterocycles. The van der Waals surface area contributed by atoms with Crippen LogP contribution >= 0.6 is 23.2 Å². The molecule has 0 aromatic carbocycles. The number of nitrogens with zero attached hydrogens (tertiary/aromatic N) is 1. The van der Waals surface area contributed by atoms with Crippen molar-refractivity contribution in [1.82, 2.24) is 4.98 Å². The minimum Gasteiger partial charge on any atom is -0.477 e. The third-order valence-corrected chi connectivity index (χ3v) is 2.19. The van der Waals surface area contributed by atoms with E-state index in [0.29, 0.717) is 0 Å². The lowest BCUT2D eigenvalue weighted by molar-refractivity contribution is -0.166. The Labute approximate surface area is 93.6 Å². The number of aryl methyl sites for hydroxylation is 1. The van der Waals surface area contributed by atoms with Crippen LogP contribution in [0.3, 0.4) is 0 Å². The van der Waals surface area contributed by atoms with Gasteiger partial charge in [-0.25, -0.2) is 9.78 Å². The van der Waals surface area contributed by atoms with Gasteiger partial charge >= 0.3 is 11.9 Å². The Kier molecular flexibility index (Phi) is 3.16. The summed E-state index contributed by atoms with van der Waals surface area (Å²) in [5.74, 6) is -6.35. The van der Waals surface area contributed by atoms with E-state index < -0.39 is 22.6 Å². The van der Waals surface area contributed by atoms with Crippen LogP contribution in [0, 0.1) is 6.92 Å². The average Bonchev–Trinajstić information content (AvgIpc) is 2.00. The molecule has 1 aromatic rings. The van der Waals surface area contributed by atoms with Crippen LogP contribution in [0.25, 0.3) is 0 Å². The van der Waals surface area contributed by atoms with Crippen molar-refractivity contribution in [1.29, 1.82) is 0 Å². The Bertz CT molecular complexity index is 400. The first-order valence-corrected chi connectivity index (χ1v) is 4.46. The third kappa shape index (κ3) is 2.18. The Morgan fingerprint density at radius 1 is 1.53 bits per heavy atom. The van der Waals surface area contributed by atoms with Crippen molar-refractivity contribution in [3.63, 3.8) is 0 Å². The van der Waals surface area contributed by atoms with E-state index in [2.05, 4.69) is 4.98 Å². The van der Waals surface area contributed by atoms with Gasteiger partial charge in [0.05, 0.1) is 5.56 Å². The van der Waals surface area contributed by atoms with E-state index in [-0.39, 0.29) is 10.7 Å². The van der Waals surface area contributed by atoms with E-state index in [1.807, 2.05) is 0 Å². The molecule has 1 aromatic heterocycles. The van der Waals surface area contributed by atoms with Crippen molar-refractivity contribution in [3.8, 4) is 0 Å². The molecule has 7 heteroatoms. The predicted molar refractivity (Wildman–Crippen MR) is 50.5 cm³/mol. The fourth-order valence-corrected chi connectivity index (χ4v) is 1.73. The van der Waals surface area contributed by atoms with Gasteiger partial charge in [0.25, 0.3) is 0 Å². The summed E-state index contributed by atoms with van der Waals surface area (Å²) in [6, 6.07) is 1.12. The Balaban J connectivity index is 3.44. The number of aliphatic carboxylic acids is 1. The zero-order valence-electron chi connectivity index (χ0n) is 7.39. The van der Waals surface area contributed by atoms with Crippen LogP contribution in [0.2, 0.25) is 10.3 Å². The standard InChI is InChI=1S/C8H5Cl2F2NO2/c1-3-2-4(9)13-6(10)5(3)8(11,12)7(14)15/h2H,1H3,(H,14,15). The molecule has 0 bridgehead atoms. The number of halogens is 4. The van der Waals surface area contributed by atoms with E-state index in [4.69, 9.17) is 28.3 Å². The molecular weight excluding hydrogens is 251 g/mol. The molecule has 3 nitrogen and oxygen atoms in total. The second kappa shape index (κ2) is 3.90. The number of hydrogen-bond acceptors (Lipinski definition) is 2. The molecule has 0 saturated carbocycles. The highest BCUT2D eigenvalue weighted by Crippen LogP contribution is 2.36. The molecule has 0 spiro atoms. The number of aromatic nitrogens is 1. The molecular formula is C8H5Cl2F2NO2. The summed E-state index contributed by atoms with van der Waals surface area (Å²) in [5, 5.41) is 7.67. The first-order chi connectivity index (χ1) is 6.76. The molecule has 0 fully saturated rings. The molecule has 0 atom stereocenters. The number of carboxylic acids is 1. The van der Waals surface area contributed by atoms with E-state index in [1.54, 1.807) is 0 Å². The fraction of sp³-hybridized carbons (Fsp3) is 0.250. The number of carbonyl (C=O) groups is 1. The molecule has 82 valence electrons. The van der Waals surface area contributed by atoms with E-state index >= 15 is 0 Å². The molecule has 0 radical (unpaired) electrons. The number of alkyl halides is 2. The molecule has 0 aliphatic carbocycles. The van der Waals surface area contributed by atoms with Crippen molar-refractivity contribution in [2.24, 2.45) is 0 Å². The molecule has 0 unspecified atom stereocenters. The van der Waals surface area contributed by atoms with Gasteiger partial charge in [-0.05, 0) is 18.6 Å². The highest BCUT2D eigenvalue weighted by atomic mass is 35.5. The maximum absolute atomic E-state index is 13.2. The minimum absolute atomic E-state index is 0.0209. The maximum Gasteiger partial charge on any atom is 0.379 e.